The quantitative estimate of drug-likeness (QED) is 0.699. The van der Waals surface area contributed by atoms with Gasteiger partial charge in [-0.2, -0.15) is 0 Å². The Labute approximate surface area is 111 Å². The van der Waals surface area contributed by atoms with E-state index in [1.807, 2.05) is 5.38 Å². The fourth-order valence-electron chi connectivity index (χ4n) is 1.23. The fraction of sp³-hybridized carbons (Fsp3) is 0.0909. The molecular formula is C11H9BrN2O2S. The van der Waals surface area contributed by atoms with Crippen LogP contribution in [0.5, 0.6) is 0 Å². The summed E-state index contributed by atoms with van der Waals surface area (Å²) < 4.78 is 5.79. The van der Waals surface area contributed by atoms with E-state index >= 15 is 0 Å². The largest absolute Gasteiger partial charge is 0.455 e. The van der Waals surface area contributed by atoms with Crippen LogP contribution in [-0.2, 0) is 11.3 Å². The molecule has 0 radical (unpaired) electrons. The number of ether oxygens (including phenoxy) is 1. The number of rotatable bonds is 3. The van der Waals surface area contributed by atoms with E-state index in [2.05, 4.69) is 20.9 Å². The molecule has 0 aliphatic rings. The van der Waals surface area contributed by atoms with Gasteiger partial charge in [0.2, 0.25) is 0 Å². The minimum Gasteiger partial charge on any atom is -0.455 e. The van der Waals surface area contributed by atoms with E-state index in [1.54, 1.807) is 24.4 Å². The van der Waals surface area contributed by atoms with Crippen LogP contribution in [0.25, 0.3) is 0 Å². The molecule has 1 aromatic carbocycles. The standard InChI is InChI=1S/C11H9BrN2O2S/c12-9-2-1-7(13)5-8(9)11(15)16-6-10-14-3-4-17-10/h1-5H,6,13H2. The molecule has 17 heavy (non-hydrogen) atoms. The Morgan fingerprint density at radius 3 is 3.06 bits per heavy atom. The number of halogens is 1. The molecule has 88 valence electrons. The summed E-state index contributed by atoms with van der Waals surface area (Å²) in [7, 11) is 0. The van der Waals surface area contributed by atoms with E-state index in [0.717, 1.165) is 5.01 Å². The highest BCUT2D eigenvalue weighted by molar-refractivity contribution is 9.10. The number of nitrogens with zero attached hydrogens (tertiary/aromatic N) is 1. The molecule has 4 nitrogen and oxygen atoms in total. The summed E-state index contributed by atoms with van der Waals surface area (Å²) in [6.45, 7) is 0.178. The molecule has 1 aromatic heterocycles. The van der Waals surface area contributed by atoms with Gasteiger partial charge in [0, 0.05) is 21.7 Å². The highest BCUT2D eigenvalue weighted by atomic mass is 79.9. The van der Waals surface area contributed by atoms with E-state index < -0.39 is 5.97 Å². The molecule has 2 rings (SSSR count). The topological polar surface area (TPSA) is 65.2 Å². The van der Waals surface area contributed by atoms with Crippen LogP contribution >= 0.6 is 27.3 Å². The maximum atomic E-state index is 11.8. The van der Waals surface area contributed by atoms with Crippen molar-refractivity contribution in [1.82, 2.24) is 4.98 Å². The van der Waals surface area contributed by atoms with E-state index in [4.69, 9.17) is 10.5 Å². The Morgan fingerprint density at radius 1 is 1.53 bits per heavy atom. The fourth-order valence-corrected chi connectivity index (χ4v) is 2.16. The lowest BCUT2D eigenvalue weighted by Crippen LogP contribution is -2.06. The predicted octanol–water partition coefficient (Wildman–Crippen LogP) is 2.84. The van der Waals surface area contributed by atoms with Crippen molar-refractivity contribution in [2.75, 3.05) is 5.73 Å². The monoisotopic (exact) mass is 312 g/mol. The number of benzene rings is 1. The van der Waals surface area contributed by atoms with E-state index in [9.17, 15) is 4.79 Å². The van der Waals surface area contributed by atoms with Gasteiger partial charge in [-0.15, -0.1) is 11.3 Å². The first kappa shape index (κ1) is 12.1. The second kappa shape index (κ2) is 5.29. The van der Waals surface area contributed by atoms with Crippen molar-refractivity contribution < 1.29 is 9.53 Å². The summed E-state index contributed by atoms with van der Waals surface area (Å²) in [5.74, 6) is -0.417. The molecule has 2 aromatic rings. The van der Waals surface area contributed by atoms with E-state index in [-0.39, 0.29) is 6.61 Å². The van der Waals surface area contributed by atoms with Gasteiger partial charge in [-0.1, -0.05) is 0 Å². The number of aromatic nitrogens is 1. The second-order valence-electron chi connectivity index (χ2n) is 3.24. The number of anilines is 1. The number of hydrogen-bond acceptors (Lipinski definition) is 5. The van der Waals surface area contributed by atoms with Gasteiger partial charge in [0.25, 0.3) is 0 Å². The number of carbonyl (C=O) groups is 1. The lowest BCUT2D eigenvalue weighted by atomic mass is 10.2. The van der Waals surface area contributed by atoms with Gasteiger partial charge >= 0.3 is 5.97 Å². The van der Waals surface area contributed by atoms with Gasteiger partial charge in [-0.3, -0.25) is 0 Å². The van der Waals surface area contributed by atoms with Gasteiger partial charge in [0.05, 0.1) is 5.56 Å². The maximum Gasteiger partial charge on any atom is 0.339 e. The zero-order valence-corrected chi connectivity index (χ0v) is 11.1. The van der Waals surface area contributed by atoms with Crippen LogP contribution in [0.4, 0.5) is 5.69 Å². The molecule has 0 saturated heterocycles. The first-order chi connectivity index (χ1) is 8.16. The smallest absolute Gasteiger partial charge is 0.339 e. The minimum absolute atomic E-state index is 0.178. The molecule has 0 amide bonds. The van der Waals surface area contributed by atoms with Crippen LogP contribution in [0.2, 0.25) is 0 Å². The number of hydrogen-bond donors (Lipinski definition) is 1. The Morgan fingerprint density at radius 2 is 2.35 bits per heavy atom. The van der Waals surface area contributed by atoms with E-state index in [1.165, 1.54) is 11.3 Å². The number of thiazole rings is 1. The highest BCUT2D eigenvalue weighted by Gasteiger charge is 2.12. The van der Waals surface area contributed by atoms with Gasteiger partial charge in [0.1, 0.15) is 11.6 Å². The zero-order chi connectivity index (χ0) is 12.3. The molecule has 0 spiro atoms. The van der Waals surface area contributed by atoms with Crippen molar-refractivity contribution in [2.24, 2.45) is 0 Å². The average Bonchev–Trinajstić information content (AvgIpc) is 2.82. The van der Waals surface area contributed by atoms with Crippen LogP contribution in [0.3, 0.4) is 0 Å². The van der Waals surface area contributed by atoms with Crippen LogP contribution < -0.4 is 5.73 Å². The first-order valence-electron chi connectivity index (χ1n) is 4.77. The molecule has 0 fully saturated rings. The molecular weight excluding hydrogens is 304 g/mol. The molecule has 0 unspecified atom stereocenters. The molecule has 0 aliphatic carbocycles. The van der Waals surface area contributed by atoms with Gasteiger partial charge in [-0.05, 0) is 34.1 Å². The van der Waals surface area contributed by atoms with Gasteiger partial charge < -0.3 is 10.5 Å². The third-order valence-electron chi connectivity index (χ3n) is 2.02. The second-order valence-corrected chi connectivity index (χ2v) is 5.07. The van der Waals surface area contributed by atoms with Crippen LogP contribution in [0.1, 0.15) is 15.4 Å². The summed E-state index contributed by atoms with van der Waals surface area (Å²) in [6.07, 6.45) is 1.67. The lowest BCUT2D eigenvalue weighted by Gasteiger charge is -2.05. The Bertz CT molecular complexity index is 528. The summed E-state index contributed by atoms with van der Waals surface area (Å²) in [5, 5.41) is 2.60. The van der Waals surface area contributed by atoms with Crippen LogP contribution in [0.15, 0.2) is 34.2 Å². The summed E-state index contributed by atoms with van der Waals surface area (Å²) in [4.78, 5) is 15.8. The first-order valence-corrected chi connectivity index (χ1v) is 6.44. The van der Waals surface area contributed by atoms with Crippen molar-refractivity contribution in [3.63, 3.8) is 0 Å². The molecule has 2 N–H and O–H groups in total. The Balaban J connectivity index is 2.07. The molecule has 0 atom stereocenters. The zero-order valence-electron chi connectivity index (χ0n) is 8.72. The predicted molar refractivity (Wildman–Crippen MR) is 69.8 cm³/mol. The van der Waals surface area contributed by atoms with Crippen LogP contribution in [-0.4, -0.2) is 11.0 Å². The number of nitrogen functional groups attached to an aromatic ring is 1. The highest BCUT2D eigenvalue weighted by Crippen LogP contribution is 2.21. The van der Waals surface area contributed by atoms with Crippen molar-refractivity contribution in [3.05, 3.63) is 44.8 Å². The molecule has 0 aliphatic heterocycles. The SMILES string of the molecule is Nc1ccc(Br)c(C(=O)OCc2nccs2)c1. The van der Waals surface area contributed by atoms with E-state index in [0.29, 0.717) is 15.7 Å². The average molecular weight is 313 g/mol. The summed E-state index contributed by atoms with van der Waals surface area (Å²) in [5.41, 5.74) is 6.56. The maximum absolute atomic E-state index is 11.8. The van der Waals surface area contributed by atoms with Crippen molar-refractivity contribution in [1.29, 1.82) is 0 Å². The third-order valence-corrected chi connectivity index (χ3v) is 3.47. The van der Waals surface area contributed by atoms with Gasteiger partial charge in [0.15, 0.2) is 0 Å². The number of nitrogens with two attached hydrogens (primary N) is 1. The molecule has 1 heterocycles. The summed E-state index contributed by atoms with van der Waals surface area (Å²) >= 11 is 4.72. The molecule has 0 saturated carbocycles. The van der Waals surface area contributed by atoms with Crippen LogP contribution in [0, 0.1) is 0 Å². The normalized spacial score (nSPS) is 10.2. The third kappa shape index (κ3) is 3.04. The molecule has 0 bridgehead atoms. The Kier molecular flexibility index (Phi) is 3.75. The molecule has 6 heteroatoms. The van der Waals surface area contributed by atoms with Crippen molar-refractivity contribution in [3.8, 4) is 0 Å². The number of carbonyl (C=O) groups excluding carboxylic acids is 1. The Hall–Kier alpha value is -1.40. The minimum atomic E-state index is -0.417. The summed E-state index contributed by atoms with van der Waals surface area (Å²) in [6, 6.07) is 5.01. The van der Waals surface area contributed by atoms with Crippen molar-refractivity contribution in [2.45, 2.75) is 6.61 Å². The van der Waals surface area contributed by atoms with Crippen molar-refractivity contribution >= 4 is 38.9 Å². The van der Waals surface area contributed by atoms with Gasteiger partial charge in [-0.25, -0.2) is 9.78 Å². The lowest BCUT2D eigenvalue weighted by molar-refractivity contribution is 0.0471. The number of esters is 1.